The third-order valence-electron chi connectivity index (χ3n) is 5.38. The number of thiophene rings is 1. The summed E-state index contributed by atoms with van der Waals surface area (Å²) in [5, 5.41) is 7.01. The quantitative estimate of drug-likeness (QED) is 0.760. The maximum atomic E-state index is 14.2. The number of hydrogen-bond donors (Lipinski definition) is 1. The van der Waals surface area contributed by atoms with E-state index < -0.39 is 6.29 Å². The molecule has 2 aromatic rings. The molecule has 1 unspecified atom stereocenters. The molecule has 1 N–H and O–H groups in total. The predicted molar refractivity (Wildman–Crippen MR) is 118 cm³/mol. The molecule has 2 aliphatic heterocycles. The number of nitrogens with zero attached hydrogens (tertiary/aromatic N) is 2. The number of rotatable bonds is 5. The fraction of sp³-hybridized carbons (Fsp3) is 0.522. The van der Waals surface area contributed by atoms with Gasteiger partial charge in [0.2, 0.25) is 12.2 Å². The predicted octanol–water partition coefficient (Wildman–Crippen LogP) is 3.53. The molecule has 1 amide bonds. The van der Waals surface area contributed by atoms with E-state index in [0.717, 1.165) is 48.6 Å². The van der Waals surface area contributed by atoms with E-state index in [1.807, 2.05) is 37.6 Å². The summed E-state index contributed by atoms with van der Waals surface area (Å²) in [5.41, 5.74) is 2.35. The van der Waals surface area contributed by atoms with Gasteiger partial charge in [0.1, 0.15) is 11.6 Å². The summed E-state index contributed by atoms with van der Waals surface area (Å²) in [4.78, 5) is 16.6. The molecule has 1 atom stereocenters. The normalized spacial score (nSPS) is 20.2. The summed E-state index contributed by atoms with van der Waals surface area (Å²) in [6.45, 7) is 10.5. The fourth-order valence-corrected chi connectivity index (χ4v) is 4.64. The standard InChI is InChI=1S/C23H30FN3O3S/c1-23(2,3)25-20(28)13-27-7-5-26(6-8-27)12-17-10-19(24)11-18-14-29-22(30-21(17)18)16-4-9-31-15-16/h4,9-11,15,22H,5-8,12-14H2,1-3H3,(H,25,28). The Bertz CT molecular complexity index is 906. The van der Waals surface area contributed by atoms with Gasteiger partial charge >= 0.3 is 0 Å². The first kappa shape index (κ1) is 22.2. The minimum Gasteiger partial charge on any atom is -0.460 e. The van der Waals surface area contributed by atoms with Gasteiger partial charge in [0.05, 0.1) is 13.2 Å². The lowest BCUT2D eigenvalue weighted by Gasteiger charge is -2.35. The first-order valence-corrected chi connectivity index (χ1v) is 11.6. The molecule has 6 nitrogen and oxygen atoms in total. The van der Waals surface area contributed by atoms with E-state index in [9.17, 15) is 9.18 Å². The van der Waals surface area contributed by atoms with Gasteiger partial charge in [-0.2, -0.15) is 11.3 Å². The third-order valence-corrected chi connectivity index (χ3v) is 6.08. The van der Waals surface area contributed by atoms with Gasteiger partial charge in [0.25, 0.3) is 0 Å². The van der Waals surface area contributed by atoms with Crippen LogP contribution in [0.1, 0.15) is 43.8 Å². The second-order valence-electron chi connectivity index (χ2n) is 9.22. The number of hydrogen-bond acceptors (Lipinski definition) is 6. The molecule has 31 heavy (non-hydrogen) atoms. The number of fused-ring (bicyclic) bond motifs is 1. The molecule has 3 heterocycles. The number of piperazine rings is 1. The lowest BCUT2D eigenvalue weighted by molar-refractivity contribution is -0.124. The van der Waals surface area contributed by atoms with Crippen molar-refractivity contribution in [3.05, 3.63) is 51.5 Å². The number of carbonyl (C=O) groups excluding carboxylic acids is 1. The first-order chi connectivity index (χ1) is 14.8. The Labute approximate surface area is 186 Å². The van der Waals surface area contributed by atoms with Gasteiger partial charge in [-0.1, -0.05) is 0 Å². The van der Waals surface area contributed by atoms with Crippen molar-refractivity contribution in [1.82, 2.24) is 15.1 Å². The number of nitrogens with one attached hydrogen (secondary N) is 1. The smallest absolute Gasteiger partial charge is 0.234 e. The zero-order valence-corrected chi connectivity index (χ0v) is 19.1. The molecule has 1 aromatic heterocycles. The van der Waals surface area contributed by atoms with E-state index in [0.29, 0.717) is 19.7 Å². The average molecular weight is 448 g/mol. The first-order valence-electron chi connectivity index (χ1n) is 10.6. The van der Waals surface area contributed by atoms with Crippen LogP contribution in [0.15, 0.2) is 29.0 Å². The van der Waals surface area contributed by atoms with Gasteiger partial charge in [-0.3, -0.25) is 14.6 Å². The van der Waals surface area contributed by atoms with E-state index >= 15 is 0 Å². The highest BCUT2D eigenvalue weighted by Gasteiger charge is 2.27. The maximum absolute atomic E-state index is 14.2. The molecule has 0 radical (unpaired) electrons. The minimum atomic E-state index is -0.457. The molecule has 0 aliphatic carbocycles. The summed E-state index contributed by atoms with van der Waals surface area (Å²) in [5.74, 6) is 0.510. The molecule has 0 saturated carbocycles. The van der Waals surface area contributed by atoms with Gasteiger partial charge in [-0.15, -0.1) is 0 Å². The molecule has 0 bridgehead atoms. The second kappa shape index (κ2) is 9.24. The van der Waals surface area contributed by atoms with Gasteiger partial charge in [0, 0.05) is 60.3 Å². The summed E-state index contributed by atoms with van der Waals surface area (Å²) in [7, 11) is 0. The van der Waals surface area contributed by atoms with Crippen molar-refractivity contribution in [2.45, 2.75) is 45.8 Å². The van der Waals surface area contributed by atoms with Crippen LogP contribution in [-0.2, 0) is 22.7 Å². The highest BCUT2D eigenvalue weighted by atomic mass is 32.1. The molecule has 1 saturated heterocycles. The van der Waals surface area contributed by atoms with Crippen LogP contribution in [0, 0.1) is 5.82 Å². The van der Waals surface area contributed by atoms with Gasteiger partial charge in [-0.05, 0) is 44.4 Å². The molecule has 0 spiro atoms. The van der Waals surface area contributed by atoms with Crippen molar-refractivity contribution in [2.24, 2.45) is 0 Å². The van der Waals surface area contributed by atoms with Crippen molar-refractivity contribution >= 4 is 17.2 Å². The molecule has 8 heteroatoms. The SMILES string of the molecule is CC(C)(C)NC(=O)CN1CCN(Cc2cc(F)cc3c2OC(c2ccsc2)OC3)CC1. The molecular formula is C23H30FN3O3S. The van der Waals surface area contributed by atoms with Crippen molar-refractivity contribution in [3.63, 3.8) is 0 Å². The van der Waals surface area contributed by atoms with Crippen LogP contribution in [0.5, 0.6) is 5.75 Å². The Morgan fingerprint density at radius 3 is 2.65 bits per heavy atom. The minimum absolute atomic E-state index is 0.0491. The Kier molecular flexibility index (Phi) is 6.62. The van der Waals surface area contributed by atoms with Crippen molar-refractivity contribution in [3.8, 4) is 5.75 Å². The van der Waals surface area contributed by atoms with Crippen LogP contribution in [-0.4, -0.2) is 54.0 Å². The Morgan fingerprint density at radius 1 is 1.23 bits per heavy atom. The Balaban J connectivity index is 1.37. The van der Waals surface area contributed by atoms with Gasteiger partial charge in [0.15, 0.2) is 0 Å². The Hall–Kier alpha value is -2.00. The maximum Gasteiger partial charge on any atom is 0.234 e. The molecular weight excluding hydrogens is 417 g/mol. The summed E-state index contributed by atoms with van der Waals surface area (Å²) in [6, 6.07) is 5.05. The number of amides is 1. The zero-order valence-electron chi connectivity index (χ0n) is 18.3. The molecule has 1 fully saturated rings. The van der Waals surface area contributed by atoms with E-state index in [1.165, 1.54) is 6.07 Å². The fourth-order valence-electron chi connectivity index (χ4n) is 3.98. The number of carbonyl (C=O) groups is 1. The highest BCUT2D eigenvalue weighted by Crippen LogP contribution is 2.37. The highest BCUT2D eigenvalue weighted by molar-refractivity contribution is 7.07. The summed E-state index contributed by atoms with van der Waals surface area (Å²) in [6.07, 6.45) is -0.457. The van der Waals surface area contributed by atoms with Gasteiger partial charge < -0.3 is 14.8 Å². The third kappa shape index (κ3) is 5.83. The van der Waals surface area contributed by atoms with Crippen LogP contribution in [0.4, 0.5) is 4.39 Å². The lowest BCUT2D eigenvalue weighted by Crippen LogP contribution is -2.51. The molecule has 2 aliphatic rings. The van der Waals surface area contributed by atoms with Crippen LogP contribution in [0.2, 0.25) is 0 Å². The van der Waals surface area contributed by atoms with E-state index in [2.05, 4.69) is 15.1 Å². The molecule has 4 rings (SSSR count). The molecule has 1 aromatic carbocycles. The monoisotopic (exact) mass is 447 g/mol. The van der Waals surface area contributed by atoms with Crippen molar-refractivity contribution in [1.29, 1.82) is 0 Å². The van der Waals surface area contributed by atoms with Crippen molar-refractivity contribution < 1.29 is 18.7 Å². The van der Waals surface area contributed by atoms with E-state index in [1.54, 1.807) is 17.4 Å². The number of ether oxygens (including phenoxy) is 2. The van der Waals surface area contributed by atoms with Crippen LogP contribution in [0.3, 0.4) is 0 Å². The average Bonchev–Trinajstić information content (AvgIpc) is 3.22. The molecule has 168 valence electrons. The van der Waals surface area contributed by atoms with Crippen LogP contribution >= 0.6 is 11.3 Å². The number of benzene rings is 1. The largest absolute Gasteiger partial charge is 0.460 e. The zero-order chi connectivity index (χ0) is 22.0. The van der Waals surface area contributed by atoms with Gasteiger partial charge in [-0.25, -0.2) is 4.39 Å². The second-order valence-corrected chi connectivity index (χ2v) is 10.0. The Morgan fingerprint density at radius 2 is 1.97 bits per heavy atom. The lowest BCUT2D eigenvalue weighted by atomic mass is 10.1. The van der Waals surface area contributed by atoms with E-state index in [4.69, 9.17) is 9.47 Å². The van der Waals surface area contributed by atoms with Crippen LogP contribution < -0.4 is 10.1 Å². The number of halogens is 1. The van der Waals surface area contributed by atoms with Crippen molar-refractivity contribution in [2.75, 3.05) is 32.7 Å². The van der Waals surface area contributed by atoms with Crippen LogP contribution in [0.25, 0.3) is 0 Å². The van der Waals surface area contributed by atoms with E-state index in [-0.39, 0.29) is 17.3 Å². The topological polar surface area (TPSA) is 54.0 Å². The summed E-state index contributed by atoms with van der Waals surface area (Å²) < 4.78 is 26.2. The summed E-state index contributed by atoms with van der Waals surface area (Å²) >= 11 is 1.60.